The van der Waals surface area contributed by atoms with Gasteiger partial charge in [0.15, 0.2) is 0 Å². The largest absolute Gasteiger partial charge is 0.460 e. The van der Waals surface area contributed by atoms with Crippen molar-refractivity contribution in [3.05, 3.63) is 0 Å². The molecule has 0 aliphatic heterocycles. The molecular weight excluding hydrogens is 495 g/mol. The van der Waals surface area contributed by atoms with Gasteiger partial charge in [-0.25, -0.2) is 9.36 Å². The second kappa shape index (κ2) is 25.2. The van der Waals surface area contributed by atoms with E-state index in [0.717, 1.165) is 7.11 Å². The smallest absolute Gasteiger partial charge is 0.435 e. The number of methoxy groups -OCH3 is 1. The molecule has 0 aliphatic carbocycles. The molecule has 3 unspecified atom stereocenters. The lowest BCUT2D eigenvalue weighted by molar-refractivity contribution is 0.0536. The van der Waals surface area contributed by atoms with E-state index < -0.39 is 13.3 Å². The van der Waals surface area contributed by atoms with Crippen LogP contribution in [0.25, 0.3) is 0 Å². The molecule has 0 aliphatic rings. The summed E-state index contributed by atoms with van der Waals surface area (Å²) in [7, 11) is -3.28. The second-order valence-corrected chi connectivity index (χ2v) is 12.9. The van der Waals surface area contributed by atoms with Gasteiger partial charge in [0, 0.05) is 11.9 Å². The number of carbonyl (C=O) groups is 1. The summed E-state index contributed by atoms with van der Waals surface area (Å²) in [6.45, 7) is 7.08. The van der Waals surface area contributed by atoms with E-state index in [1.807, 2.05) is 11.8 Å². The molecule has 0 spiro atoms. The first kappa shape index (κ1) is 35.9. The van der Waals surface area contributed by atoms with Gasteiger partial charge < -0.3 is 18.9 Å². The van der Waals surface area contributed by atoms with Crippen molar-refractivity contribution in [2.24, 2.45) is 0 Å². The van der Waals surface area contributed by atoms with Crippen LogP contribution >= 0.6 is 19.4 Å². The van der Waals surface area contributed by atoms with E-state index in [-0.39, 0.29) is 12.7 Å². The fourth-order valence-electron chi connectivity index (χ4n) is 4.20. The highest BCUT2D eigenvalue weighted by atomic mass is 32.2. The average Bonchev–Trinajstić information content (AvgIpc) is 2.86. The fourth-order valence-corrected chi connectivity index (χ4v) is 6.26. The fraction of sp³-hybridized carbons (Fsp3) is 0.964. The molecule has 1 N–H and O–H groups in total. The lowest BCUT2D eigenvalue weighted by Crippen LogP contribution is -2.25. The summed E-state index contributed by atoms with van der Waals surface area (Å²) in [4.78, 5) is 20.7. The first-order chi connectivity index (χ1) is 17.4. The van der Waals surface area contributed by atoms with Crippen molar-refractivity contribution in [1.82, 2.24) is 0 Å². The van der Waals surface area contributed by atoms with E-state index >= 15 is 0 Å². The van der Waals surface area contributed by atoms with Crippen molar-refractivity contribution in [3.63, 3.8) is 0 Å². The van der Waals surface area contributed by atoms with Crippen LogP contribution < -0.4 is 0 Å². The molecule has 216 valence electrons. The van der Waals surface area contributed by atoms with E-state index in [0.29, 0.717) is 18.3 Å². The molecule has 0 bridgehead atoms. The molecule has 3 atom stereocenters. The monoisotopic (exact) mass is 552 g/mol. The zero-order valence-corrected chi connectivity index (χ0v) is 25.6. The Kier molecular flexibility index (Phi) is 25.2. The maximum Gasteiger partial charge on any atom is 0.435 e. The van der Waals surface area contributed by atoms with Gasteiger partial charge in [-0.1, -0.05) is 110 Å². The molecule has 0 saturated carbocycles. The Morgan fingerprint density at radius 2 is 1.28 bits per heavy atom. The average molecular weight is 553 g/mol. The molecular formula is C28H57O6PS. The highest BCUT2D eigenvalue weighted by Crippen LogP contribution is 2.43. The first-order valence-electron chi connectivity index (χ1n) is 14.7. The molecule has 6 nitrogen and oxygen atoms in total. The van der Waals surface area contributed by atoms with E-state index in [4.69, 9.17) is 9.26 Å². The van der Waals surface area contributed by atoms with Gasteiger partial charge >= 0.3 is 13.3 Å². The molecule has 0 aromatic carbocycles. The van der Waals surface area contributed by atoms with Crippen LogP contribution in [0, 0.1) is 0 Å². The Balaban J connectivity index is 4.19. The van der Waals surface area contributed by atoms with Crippen LogP contribution in [-0.2, 0) is 18.6 Å². The molecule has 0 rings (SSSR count). The topological polar surface area (TPSA) is 82.1 Å². The number of hydrogen-bond donors (Lipinski definition) is 1. The van der Waals surface area contributed by atoms with Gasteiger partial charge in [-0.3, -0.25) is 0 Å². The number of carbonyl (C=O) groups excluding carboxylic acids is 1. The normalized spacial score (nSPS) is 14.9. The Morgan fingerprint density at radius 3 is 1.81 bits per heavy atom. The Morgan fingerprint density at radius 1 is 0.778 bits per heavy atom. The van der Waals surface area contributed by atoms with Crippen molar-refractivity contribution in [2.75, 3.05) is 26.1 Å². The van der Waals surface area contributed by atoms with Gasteiger partial charge in [0.1, 0.15) is 0 Å². The van der Waals surface area contributed by atoms with Crippen molar-refractivity contribution in [1.29, 1.82) is 0 Å². The van der Waals surface area contributed by atoms with Crippen LogP contribution in [0.5, 0.6) is 0 Å². The van der Waals surface area contributed by atoms with Crippen molar-refractivity contribution >= 4 is 25.1 Å². The molecule has 0 heterocycles. The molecule has 8 heteroatoms. The Bertz CT molecular complexity index is 548. The molecule has 0 amide bonds. The van der Waals surface area contributed by atoms with Crippen LogP contribution in [0.1, 0.15) is 136 Å². The van der Waals surface area contributed by atoms with Crippen molar-refractivity contribution < 1.29 is 28.3 Å². The summed E-state index contributed by atoms with van der Waals surface area (Å²) in [6, 6.07) is 0. The van der Waals surface area contributed by atoms with Crippen LogP contribution in [0.2, 0.25) is 0 Å². The highest BCUT2D eigenvalue weighted by Gasteiger charge is 2.31. The van der Waals surface area contributed by atoms with Gasteiger partial charge in [-0.15, -0.1) is 0 Å². The minimum absolute atomic E-state index is 0.0105. The van der Waals surface area contributed by atoms with Gasteiger partial charge in [0.05, 0.1) is 19.8 Å². The number of ether oxygens (including phenoxy) is 2. The maximum atomic E-state index is 11.7. The van der Waals surface area contributed by atoms with Gasteiger partial charge in [-0.05, 0) is 31.9 Å². The number of rotatable bonds is 27. The SMILES string of the molecule is CCCCCCCCCCCCSC(CCCCCCCC)C(C)OCCCOP(=O)(O)C(=O)OC. The van der Waals surface area contributed by atoms with Gasteiger partial charge in [0.2, 0.25) is 0 Å². The summed E-state index contributed by atoms with van der Waals surface area (Å²) in [5.74, 6) is 1.18. The standard InChI is InChI=1S/C28H57O6PS/c1-5-7-9-11-13-14-15-16-18-20-25-36-27(22-19-17-12-10-8-6-2)26(3)33-23-21-24-34-35(30,31)28(29)32-4/h26-27H,5-25H2,1-4H3,(H,30,31). The molecule has 0 aromatic rings. The summed E-state index contributed by atoms with van der Waals surface area (Å²) >= 11 is 2.05. The van der Waals surface area contributed by atoms with Crippen LogP contribution in [0.3, 0.4) is 0 Å². The minimum atomic E-state index is -4.35. The summed E-state index contributed by atoms with van der Waals surface area (Å²) < 4.78 is 26.8. The Hall–Kier alpha value is -0.0700. The summed E-state index contributed by atoms with van der Waals surface area (Å²) in [5, 5.41) is 0.467. The summed E-state index contributed by atoms with van der Waals surface area (Å²) in [6.07, 6.45) is 23.1. The molecule has 0 fully saturated rings. The van der Waals surface area contributed by atoms with E-state index in [2.05, 4.69) is 25.5 Å². The predicted molar refractivity (Wildman–Crippen MR) is 154 cm³/mol. The molecule has 0 aromatic heterocycles. The predicted octanol–water partition coefficient (Wildman–Crippen LogP) is 9.52. The van der Waals surface area contributed by atoms with E-state index in [1.54, 1.807) is 0 Å². The maximum absolute atomic E-state index is 11.7. The zero-order chi connectivity index (χ0) is 26.9. The third-order valence-electron chi connectivity index (χ3n) is 6.54. The number of unbranched alkanes of at least 4 members (excludes halogenated alkanes) is 14. The summed E-state index contributed by atoms with van der Waals surface area (Å²) in [5.41, 5.74) is -1.22. The molecule has 0 saturated heterocycles. The number of thioether (sulfide) groups is 1. The third-order valence-corrected chi connectivity index (χ3v) is 9.28. The van der Waals surface area contributed by atoms with Gasteiger partial charge in [0.25, 0.3) is 0 Å². The lowest BCUT2D eigenvalue weighted by atomic mass is 10.1. The van der Waals surface area contributed by atoms with Gasteiger partial charge in [-0.2, -0.15) is 11.8 Å². The van der Waals surface area contributed by atoms with Crippen molar-refractivity contribution in [3.8, 4) is 0 Å². The van der Waals surface area contributed by atoms with Crippen LogP contribution in [0.15, 0.2) is 0 Å². The molecule has 0 radical (unpaired) electrons. The van der Waals surface area contributed by atoms with Crippen LogP contribution in [-0.4, -0.2) is 48.0 Å². The second-order valence-electron chi connectivity index (χ2n) is 9.90. The van der Waals surface area contributed by atoms with Crippen molar-refractivity contribution in [2.45, 2.75) is 148 Å². The lowest BCUT2D eigenvalue weighted by Gasteiger charge is -2.24. The quantitative estimate of drug-likeness (QED) is 0.0802. The Labute approximate surface area is 226 Å². The highest BCUT2D eigenvalue weighted by molar-refractivity contribution is 7.99. The zero-order valence-electron chi connectivity index (χ0n) is 23.8. The number of hydrogen-bond acceptors (Lipinski definition) is 6. The first-order valence-corrected chi connectivity index (χ1v) is 17.3. The van der Waals surface area contributed by atoms with E-state index in [9.17, 15) is 14.3 Å². The minimum Gasteiger partial charge on any atom is -0.460 e. The van der Waals surface area contributed by atoms with E-state index in [1.165, 1.54) is 115 Å². The van der Waals surface area contributed by atoms with Crippen LogP contribution in [0.4, 0.5) is 4.79 Å². The third kappa shape index (κ3) is 20.9. The molecule has 36 heavy (non-hydrogen) atoms.